The van der Waals surface area contributed by atoms with E-state index >= 15 is 0 Å². The minimum atomic E-state index is 0.599. The third-order valence-electron chi connectivity index (χ3n) is 2.09. The number of rotatable bonds is 1. The van der Waals surface area contributed by atoms with Gasteiger partial charge in [-0.25, -0.2) is 0 Å². The first-order valence-electron chi connectivity index (χ1n) is 3.57. The molecule has 0 aromatic heterocycles. The SMILES string of the molecule is C#CCC1CC(C)(C)C1. The Morgan fingerprint density at radius 3 is 2.44 bits per heavy atom. The van der Waals surface area contributed by atoms with Gasteiger partial charge in [-0.05, 0) is 24.2 Å². The highest BCUT2D eigenvalue weighted by atomic mass is 14.4. The molecule has 0 radical (unpaired) electrons. The lowest BCUT2D eigenvalue weighted by Gasteiger charge is -2.41. The number of hydrogen-bond donors (Lipinski definition) is 0. The molecule has 0 bridgehead atoms. The molecular formula is C9H14. The highest BCUT2D eigenvalue weighted by Gasteiger charge is 2.34. The quantitative estimate of drug-likeness (QED) is 0.469. The van der Waals surface area contributed by atoms with Crippen molar-refractivity contribution >= 4 is 0 Å². The number of hydrogen-bond acceptors (Lipinski definition) is 0. The van der Waals surface area contributed by atoms with Crippen LogP contribution in [-0.2, 0) is 0 Å². The Balaban J connectivity index is 2.21. The van der Waals surface area contributed by atoms with Crippen molar-refractivity contribution in [3.63, 3.8) is 0 Å². The summed E-state index contributed by atoms with van der Waals surface area (Å²) in [5, 5.41) is 0. The van der Waals surface area contributed by atoms with E-state index in [2.05, 4.69) is 19.8 Å². The van der Waals surface area contributed by atoms with Crippen LogP contribution in [0.2, 0.25) is 0 Å². The molecule has 0 heteroatoms. The van der Waals surface area contributed by atoms with Crippen molar-refractivity contribution in [2.45, 2.75) is 33.1 Å². The fourth-order valence-corrected chi connectivity index (χ4v) is 1.81. The summed E-state index contributed by atoms with van der Waals surface area (Å²) in [6.45, 7) is 4.61. The first-order valence-corrected chi connectivity index (χ1v) is 3.57. The fraction of sp³-hybridized carbons (Fsp3) is 0.778. The molecule has 50 valence electrons. The Kier molecular flexibility index (Phi) is 1.53. The summed E-state index contributed by atoms with van der Waals surface area (Å²) in [4.78, 5) is 0. The maximum atomic E-state index is 5.18. The van der Waals surface area contributed by atoms with Crippen LogP contribution in [0, 0.1) is 23.7 Å². The van der Waals surface area contributed by atoms with Crippen molar-refractivity contribution in [2.24, 2.45) is 11.3 Å². The zero-order valence-electron chi connectivity index (χ0n) is 6.28. The van der Waals surface area contributed by atoms with Crippen LogP contribution >= 0.6 is 0 Å². The molecule has 0 heterocycles. The number of terminal acetylenes is 1. The smallest absolute Gasteiger partial charge is 0.0115 e. The third kappa shape index (κ3) is 1.48. The van der Waals surface area contributed by atoms with Crippen LogP contribution in [0.15, 0.2) is 0 Å². The van der Waals surface area contributed by atoms with E-state index in [1.54, 1.807) is 0 Å². The van der Waals surface area contributed by atoms with E-state index in [0.717, 1.165) is 12.3 Å². The normalized spacial score (nSPS) is 24.6. The van der Waals surface area contributed by atoms with Gasteiger partial charge in [0.05, 0.1) is 0 Å². The van der Waals surface area contributed by atoms with Gasteiger partial charge in [0.2, 0.25) is 0 Å². The Labute approximate surface area is 57.7 Å². The van der Waals surface area contributed by atoms with Gasteiger partial charge in [-0.2, -0.15) is 0 Å². The van der Waals surface area contributed by atoms with Crippen molar-refractivity contribution in [3.05, 3.63) is 0 Å². The average Bonchev–Trinajstić information content (AvgIpc) is 1.62. The molecule has 9 heavy (non-hydrogen) atoms. The van der Waals surface area contributed by atoms with Crippen LogP contribution in [-0.4, -0.2) is 0 Å². The van der Waals surface area contributed by atoms with E-state index < -0.39 is 0 Å². The molecule has 0 saturated heterocycles. The van der Waals surface area contributed by atoms with Crippen molar-refractivity contribution in [1.82, 2.24) is 0 Å². The molecule has 0 aromatic rings. The molecule has 0 amide bonds. The Bertz CT molecular complexity index is 129. The van der Waals surface area contributed by atoms with Crippen LogP contribution in [0.4, 0.5) is 0 Å². The average molecular weight is 122 g/mol. The molecule has 0 aliphatic heterocycles. The predicted octanol–water partition coefficient (Wildman–Crippen LogP) is 2.45. The molecular weight excluding hydrogens is 108 g/mol. The lowest BCUT2D eigenvalue weighted by atomic mass is 9.64. The zero-order valence-corrected chi connectivity index (χ0v) is 6.28. The van der Waals surface area contributed by atoms with Gasteiger partial charge in [0, 0.05) is 6.42 Å². The van der Waals surface area contributed by atoms with Gasteiger partial charge in [0.25, 0.3) is 0 Å². The molecule has 0 nitrogen and oxygen atoms in total. The van der Waals surface area contributed by atoms with Crippen LogP contribution in [0.25, 0.3) is 0 Å². The van der Waals surface area contributed by atoms with Gasteiger partial charge in [0.1, 0.15) is 0 Å². The predicted molar refractivity (Wildman–Crippen MR) is 40.0 cm³/mol. The third-order valence-corrected chi connectivity index (χ3v) is 2.09. The highest BCUT2D eigenvalue weighted by Crippen LogP contribution is 2.45. The molecule has 1 aliphatic carbocycles. The van der Waals surface area contributed by atoms with Gasteiger partial charge >= 0.3 is 0 Å². The summed E-state index contributed by atoms with van der Waals surface area (Å²) >= 11 is 0. The van der Waals surface area contributed by atoms with Crippen molar-refractivity contribution in [2.75, 3.05) is 0 Å². The topological polar surface area (TPSA) is 0 Å². The first-order chi connectivity index (χ1) is 4.14. The Morgan fingerprint density at radius 1 is 1.56 bits per heavy atom. The second kappa shape index (κ2) is 2.06. The summed E-state index contributed by atoms with van der Waals surface area (Å²) in [6, 6.07) is 0. The molecule has 0 N–H and O–H groups in total. The van der Waals surface area contributed by atoms with Crippen molar-refractivity contribution < 1.29 is 0 Å². The largest absolute Gasteiger partial charge is 0.120 e. The van der Waals surface area contributed by atoms with Gasteiger partial charge in [-0.3, -0.25) is 0 Å². The van der Waals surface area contributed by atoms with Crippen molar-refractivity contribution in [3.8, 4) is 12.3 Å². The van der Waals surface area contributed by atoms with E-state index in [-0.39, 0.29) is 0 Å². The first kappa shape index (κ1) is 6.68. The molecule has 1 saturated carbocycles. The van der Waals surface area contributed by atoms with Crippen LogP contribution in [0.3, 0.4) is 0 Å². The van der Waals surface area contributed by atoms with Crippen LogP contribution in [0.1, 0.15) is 33.1 Å². The van der Waals surface area contributed by atoms with Crippen molar-refractivity contribution in [1.29, 1.82) is 0 Å². The minimum Gasteiger partial charge on any atom is -0.120 e. The monoisotopic (exact) mass is 122 g/mol. The standard InChI is InChI=1S/C9H14/c1-4-5-8-6-9(2,3)7-8/h1,8H,5-7H2,2-3H3. The van der Waals surface area contributed by atoms with Gasteiger partial charge < -0.3 is 0 Å². The Hall–Kier alpha value is -0.440. The molecule has 0 unspecified atom stereocenters. The van der Waals surface area contributed by atoms with E-state index in [0.29, 0.717) is 5.41 Å². The molecule has 0 aromatic carbocycles. The summed E-state index contributed by atoms with van der Waals surface area (Å²) in [7, 11) is 0. The summed E-state index contributed by atoms with van der Waals surface area (Å²) in [5.74, 6) is 3.55. The van der Waals surface area contributed by atoms with E-state index in [9.17, 15) is 0 Å². The second-order valence-corrected chi connectivity index (χ2v) is 3.85. The minimum absolute atomic E-state index is 0.599. The molecule has 1 rings (SSSR count). The molecule has 0 atom stereocenters. The van der Waals surface area contributed by atoms with Gasteiger partial charge in [-0.15, -0.1) is 12.3 Å². The maximum Gasteiger partial charge on any atom is 0.0115 e. The van der Waals surface area contributed by atoms with E-state index in [1.807, 2.05) is 0 Å². The lowest BCUT2D eigenvalue weighted by molar-refractivity contribution is 0.101. The summed E-state index contributed by atoms with van der Waals surface area (Å²) in [6.07, 6.45) is 8.83. The van der Waals surface area contributed by atoms with Gasteiger partial charge in [0.15, 0.2) is 0 Å². The van der Waals surface area contributed by atoms with E-state index in [1.165, 1.54) is 12.8 Å². The highest BCUT2D eigenvalue weighted by molar-refractivity contribution is 4.95. The van der Waals surface area contributed by atoms with Crippen LogP contribution < -0.4 is 0 Å². The Morgan fingerprint density at radius 2 is 2.11 bits per heavy atom. The van der Waals surface area contributed by atoms with Gasteiger partial charge in [-0.1, -0.05) is 13.8 Å². The summed E-state index contributed by atoms with van der Waals surface area (Å²) in [5.41, 5.74) is 0.599. The van der Waals surface area contributed by atoms with Crippen LogP contribution in [0.5, 0.6) is 0 Å². The molecule has 1 aliphatic rings. The van der Waals surface area contributed by atoms with E-state index in [4.69, 9.17) is 6.42 Å². The molecule has 0 spiro atoms. The zero-order chi connectivity index (χ0) is 6.91. The fourth-order valence-electron chi connectivity index (χ4n) is 1.81. The second-order valence-electron chi connectivity index (χ2n) is 3.85. The summed E-state index contributed by atoms with van der Waals surface area (Å²) < 4.78 is 0. The molecule has 1 fully saturated rings. The lowest BCUT2D eigenvalue weighted by Crippen LogP contribution is -2.31. The maximum absolute atomic E-state index is 5.18.